The molecular weight excluding hydrogens is 264 g/mol. The summed E-state index contributed by atoms with van der Waals surface area (Å²) in [5.74, 6) is 0.189. The first-order chi connectivity index (χ1) is 7.92. The highest BCUT2D eigenvalue weighted by Gasteiger charge is 2.17. The third-order valence-electron chi connectivity index (χ3n) is 2.20. The highest BCUT2D eigenvalue weighted by atomic mass is 35.5. The van der Waals surface area contributed by atoms with Gasteiger partial charge in [-0.3, -0.25) is 4.79 Å². The van der Waals surface area contributed by atoms with Crippen molar-refractivity contribution in [3.05, 3.63) is 23.8 Å². The van der Waals surface area contributed by atoms with Crippen LogP contribution in [-0.4, -0.2) is 26.0 Å². The maximum atomic E-state index is 11.7. The van der Waals surface area contributed by atoms with Crippen LogP contribution in [0.4, 0.5) is 0 Å². The van der Waals surface area contributed by atoms with Gasteiger partial charge in [0, 0.05) is 0 Å². The van der Waals surface area contributed by atoms with Crippen LogP contribution < -0.4 is 4.74 Å². The van der Waals surface area contributed by atoms with E-state index >= 15 is 0 Å². The number of benzene rings is 1. The Morgan fingerprint density at radius 3 is 2.47 bits per heavy atom. The van der Waals surface area contributed by atoms with Gasteiger partial charge in [-0.1, -0.05) is 6.92 Å². The Labute approximate surface area is 105 Å². The second-order valence-corrected chi connectivity index (χ2v) is 5.89. The van der Waals surface area contributed by atoms with Crippen LogP contribution in [0, 0.1) is 0 Å². The molecule has 94 valence electrons. The van der Waals surface area contributed by atoms with E-state index < -0.39 is 15.1 Å². The molecule has 0 saturated carbocycles. The molecule has 0 heterocycles. The average Bonchev–Trinajstić information content (AvgIpc) is 2.29. The zero-order valence-corrected chi connectivity index (χ0v) is 11.1. The molecule has 0 radical (unpaired) electrons. The van der Waals surface area contributed by atoms with Crippen molar-refractivity contribution in [1.82, 2.24) is 0 Å². The highest BCUT2D eigenvalue weighted by molar-refractivity contribution is 7.91. The highest BCUT2D eigenvalue weighted by Crippen LogP contribution is 2.25. The number of halogens is 1. The number of carbonyl (C=O) groups is 1. The minimum atomic E-state index is -3.32. The summed E-state index contributed by atoms with van der Waals surface area (Å²) in [6.45, 7) is 3.62. The zero-order chi connectivity index (χ0) is 13.1. The third kappa shape index (κ3) is 3.20. The molecule has 0 unspecified atom stereocenters. The van der Waals surface area contributed by atoms with Gasteiger partial charge in [-0.05, 0) is 36.7 Å². The van der Waals surface area contributed by atoms with E-state index in [-0.39, 0.29) is 22.0 Å². The summed E-state index contributed by atoms with van der Waals surface area (Å²) in [5.41, 5.74) is 0.170. The zero-order valence-electron chi connectivity index (χ0n) is 9.57. The van der Waals surface area contributed by atoms with Gasteiger partial charge in [-0.2, -0.15) is 0 Å². The molecule has 0 spiro atoms. The number of rotatable bonds is 5. The van der Waals surface area contributed by atoms with Gasteiger partial charge in [0.1, 0.15) is 5.75 Å². The SMILES string of the molecule is CCOc1cc(S(=O)(=O)CC)ccc1C(=O)Cl. The first-order valence-corrected chi connectivity index (χ1v) is 7.14. The molecule has 0 aromatic heterocycles. The van der Waals surface area contributed by atoms with Crippen molar-refractivity contribution in [3.8, 4) is 5.75 Å². The maximum absolute atomic E-state index is 11.7. The second-order valence-electron chi connectivity index (χ2n) is 3.27. The number of hydrogen-bond donors (Lipinski definition) is 0. The molecule has 0 aliphatic heterocycles. The standard InChI is InChI=1S/C11H13ClO4S/c1-3-16-10-7-8(17(14,15)4-2)5-6-9(10)11(12)13/h5-7H,3-4H2,1-2H3. The lowest BCUT2D eigenvalue weighted by molar-refractivity contribution is 0.107. The predicted octanol–water partition coefficient (Wildman–Crippen LogP) is 2.26. The normalized spacial score (nSPS) is 11.2. The van der Waals surface area contributed by atoms with Crippen molar-refractivity contribution in [1.29, 1.82) is 0 Å². The average molecular weight is 277 g/mol. The Morgan fingerprint density at radius 2 is 2.00 bits per heavy atom. The van der Waals surface area contributed by atoms with Gasteiger partial charge in [0.25, 0.3) is 5.24 Å². The minimum absolute atomic E-state index is 0.00721. The summed E-state index contributed by atoms with van der Waals surface area (Å²) >= 11 is 5.38. The molecule has 1 aromatic rings. The molecule has 6 heteroatoms. The molecule has 0 atom stereocenters. The van der Waals surface area contributed by atoms with Gasteiger partial charge >= 0.3 is 0 Å². The quantitative estimate of drug-likeness (QED) is 0.774. The molecule has 0 bridgehead atoms. The van der Waals surface area contributed by atoms with Gasteiger partial charge in [0.05, 0.1) is 22.8 Å². The lowest BCUT2D eigenvalue weighted by atomic mass is 10.2. The predicted molar refractivity (Wildman–Crippen MR) is 65.5 cm³/mol. The Kier molecular flexibility index (Phi) is 4.54. The van der Waals surface area contributed by atoms with Gasteiger partial charge in [0.15, 0.2) is 9.84 Å². The molecule has 1 rings (SSSR count). The van der Waals surface area contributed by atoms with Crippen LogP contribution in [0.15, 0.2) is 23.1 Å². The van der Waals surface area contributed by atoms with Crippen LogP contribution in [0.5, 0.6) is 5.75 Å². The van der Waals surface area contributed by atoms with E-state index in [1.165, 1.54) is 18.2 Å². The van der Waals surface area contributed by atoms with Crippen molar-refractivity contribution in [2.75, 3.05) is 12.4 Å². The Bertz CT molecular complexity index is 522. The van der Waals surface area contributed by atoms with Gasteiger partial charge in [-0.25, -0.2) is 8.42 Å². The molecule has 0 aliphatic rings. The van der Waals surface area contributed by atoms with E-state index in [0.717, 1.165) is 0 Å². The third-order valence-corrected chi connectivity index (χ3v) is 4.14. The number of carbonyl (C=O) groups excluding carboxylic acids is 1. The van der Waals surface area contributed by atoms with Crippen LogP contribution in [0.2, 0.25) is 0 Å². The van der Waals surface area contributed by atoms with Crippen molar-refractivity contribution in [3.63, 3.8) is 0 Å². The molecule has 0 fully saturated rings. The number of hydrogen-bond acceptors (Lipinski definition) is 4. The number of sulfone groups is 1. The molecule has 1 aromatic carbocycles. The van der Waals surface area contributed by atoms with Crippen molar-refractivity contribution in [2.24, 2.45) is 0 Å². The minimum Gasteiger partial charge on any atom is -0.493 e. The summed E-state index contributed by atoms with van der Waals surface area (Å²) in [5, 5.41) is -0.672. The monoisotopic (exact) mass is 276 g/mol. The van der Waals surface area contributed by atoms with Crippen LogP contribution in [0.1, 0.15) is 24.2 Å². The summed E-state index contributed by atoms with van der Waals surface area (Å²) in [7, 11) is -3.32. The molecule has 0 saturated heterocycles. The van der Waals surface area contributed by atoms with Crippen molar-refractivity contribution < 1.29 is 17.9 Å². The fourth-order valence-electron chi connectivity index (χ4n) is 1.30. The molecule has 0 aliphatic carbocycles. The summed E-state index contributed by atoms with van der Waals surface area (Å²) in [4.78, 5) is 11.2. The fraction of sp³-hybridized carbons (Fsp3) is 0.364. The van der Waals surface area contributed by atoms with Crippen LogP contribution >= 0.6 is 11.6 Å². The molecule has 17 heavy (non-hydrogen) atoms. The first kappa shape index (κ1) is 14.0. The fourth-order valence-corrected chi connectivity index (χ4v) is 2.35. The lowest BCUT2D eigenvalue weighted by Gasteiger charge is -2.09. The van der Waals surface area contributed by atoms with E-state index in [2.05, 4.69) is 0 Å². The molecule has 4 nitrogen and oxygen atoms in total. The summed E-state index contributed by atoms with van der Waals surface area (Å²) in [6.07, 6.45) is 0. The van der Waals surface area contributed by atoms with E-state index in [4.69, 9.17) is 16.3 Å². The Balaban J connectivity index is 3.33. The molecule has 0 N–H and O–H groups in total. The maximum Gasteiger partial charge on any atom is 0.256 e. The Morgan fingerprint density at radius 1 is 1.35 bits per heavy atom. The summed E-state index contributed by atoms with van der Waals surface area (Å²) in [6, 6.07) is 4.05. The molecule has 0 amide bonds. The number of ether oxygens (including phenoxy) is 1. The van der Waals surface area contributed by atoms with E-state index in [9.17, 15) is 13.2 Å². The van der Waals surface area contributed by atoms with Crippen molar-refractivity contribution in [2.45, 2.75) is 18.7 Å². The van der Waals surface area contributed by atoms with Gasteiger partial charge < -0.3 is 4.74 Å². The first-order valence-electron chi connectivity index (χ1n) is 5.11. The summed E-state index contributed by atoms with van der Waals surface area (Å²) < 4.78 is 28.5. The van der Waals surface area contributed by atoms with Crippen LogP contribution in [0.25, 0.3) is 0 Å². The largest absolute Gasteiger partial charge is 0.493 e. The second kappa shape index (κ2) is 5.51. The van der Waals surface area contributed by atoms with Crippen LogP contribution in [-0.2, 0) is 9.84 Å². The lowest BCUT2D eigenvalue weighted by Crippen LogP contribution is -2.06. The molecular formula is C11H13ClO4S. The van der Waals surface area contributed by atoms with Crippen molar-refractivity contribution >= 4 is 26.7 Å². The smallest absolute Gasteiger partial charge is 0.256 e. The topological polar surface area (TPSA) is 60.4 Å². The Hall–Kier alpha value is -1.07. The van der Waals surface area contributed by atoms with E-state index in [1.54, 1.807) is 13.8 Å². The van der Waals surface area contributed by atoms with Gasteiger partial charge in [0.2, 0.25) is 0 Å². The van der Waals surface area contributed by atoms with Gasteiger partial charge in [-0.15, -0.1) is 0 Å². The van der Waals surface area contributed by atoms with Crippen LogP contribution in [0.3, 0.4) is 0 Å². The van der Waals surface area contributed by atoms with E-state index in [1.807, 2.05) is 0 Å². The van der Waals surface area contributed by atoms with E-state index in [0.29, 0.717) is 6.61 Å².